The van der Waals surface area contributed by atoms with Crippen molar-refractivity contribution in [2.24, 2.45) is 7.05 Å². The van der Waals surface area contributed by atoms with Gasteiger partial charge < -0.3 is 9.47 Å². The maximum absolute atomic E-state index is 11.7. The average molecular weight is 239 g/mol. The van der Waals surface area contributed by atoms with Crippen molar-refractivity contribution < 1.29 is 0 Å². The molecule has 96 valence electrons. The Bertz CT molecular complexity index is 458. The van der Waals surface area contributed by atoms with Gasteiger partial charge in [0.2, 0.25) is 0 Å². The van der Waals surface area contributed by atoms with Gasteiger partial charge in [-0.25, -0.2) is 4.79 Å². The molecule has 0 aliphatic carbocycles. The van der Waals surface area contributed by atoms with Crippen molar-refractivity contribution >= 4 is 0 Å². The van der Waals surface area contributed by atoms with Gasteiger partial charge in [0.15, 0.2) is 0 Å². The van der Waals surface area contributed by atoms with Gasteiger partial charge in [-0.2, -0.15) is 0 Å². The molecule has 0 aliphatic rings. The molecule has 0 aromatic carbocycles. The van der Waals surface area contributed by atoms with Crippen LogP contribution in [0.3, 0.4) is 0 Å². The van der Waals surface area contributed by atoms with Gasteiger partial charge in [-0.3, -0.25) is 9.36 Å². The van der Waals surface area contributed by atoms with Crippen molar-refractivity contribution in [2.75, 3.05) is 19.6 Å². The molecule has 0 saturated heterocycles. The van der Waals surface area contributed by atoms with E-state index in [-0.39, 0.29) is 11.2 Å². The van der Waals surface area contributed by atoms with Crippen molar-refractivity contribution in [1.82, 2.24) is 14.0 Å². The summed E-state index contributed by atoms with van der Waals surface area (Å²) < 4.78 is 2.72. The van der Waals surface area contributed by atoms with Crippen LogP contribution >= 0.6 is 0 Å². The molecule has 0 bridgehead atoms. The molecule has 0 unspecified atom stereocenters. The summed E-state index contributed by atoms with van der Waals surface area (Å²) >= 11 is 0. The number of aromatic nitrogens is 2. The van der Waals surface area contributed by atoms with E-state index in [2.05, 4.69) is 18.7 Å². The molecule has 5 nitrogen and oxygen atoms in total. The lowest BCUT2D eigenvalue weighted by atomic mass is 10.3. The standard InChI is InChI=1S/C12H21N3O2/c1-4-14(5-2)8-6-9-15-10-7-11(16)13(3)12(15)17/h7,10H,4-6,8-9H2,1-3H3. The summed E-state index contributed by atoms with van der Waals surface area (Å²) in [4.78, 5) is 25.2. The van der Waals surface area contributed by atoms with Gasteiger partial charge in [-0.15, -0.1) is 0 Å². The number of rotatable bonds is 6. The Hall–Kier alpha value is -1.36. The van der Waals surface area contributed by atoms with Crippen LogP contribution < -0.4 is 11.2 Å². The van der Waals surface area contributed by atoms with Crippen LogP contribution in [0.25, 0.3) is 0 Å². The minimum Gasteiger partial charge on any atom is -0.304 e. The molecule has 0 N–H and O–H groups in total. The van der Waals surface area contributed by atoms with Crippen LogP contribution in [0.5, 0.6) is 0 Å². The lowest BCUT2D eigenvalue weighted by Crippen LogP contribution is -2.37. The van der Waals surface area contributed by atoms with Crippen LogP contribution in [-0.2, 0) is 13.6 Å². The Kier molecular flexibility index (Phi) is 5.15. The molecule has 1 aromatic heterocycles. The molecule has 1 aromatic rings. The first-order chi connectivity index (χ1) is 8.10. The number of aryl methyl sites for hydroxylation is 1. The van der Waals surface area contributed by atoms with E-state index in [0.717, 1.165) is 30.6 Å². The maximum Gasteiger partial charge on any atom is 0.330 e. The summed E-state index contributed by atoms with van der Waals surface area (Å²) in [6, 6.07) is 1.43. The SMILES string of the molecule is CCN(CC)CCCn1ccc(=O)n(C)c1=O. The van der Waals surface area contributed by atoms with Gasteiger partial charge in [-0.05, 0) is 26.1 Å². The number of hydrogen-bond acceptors (Lipinski definition) is 3. The molecule has 5 heteroatoms. The minimum atomic E-state index is -0.255. The predicted molar refractivity (Wildman–Crippen MR) is 68.3 cm³/mol. The molecular weight excluding hydrogens is 218 g/mol. The Morgan fingerprint density at radius 2 is 1.88 bits per heavy atom. The van der Waals surface area contributed by atoms with Crippen LogP contribution in [0.2, 0.25) is 0 Å². The highest BCUT2D eigenvalue weighted by Crippen LogP contribution is 1.92. The normalized spacial score (nSPS) is 11.1. The number of nitrogens with zero attached hydrogens (tertiary/aromatic N) is 3. The van der Waals surface area contributed by atoms with E-state index in [1.54, 1.807) is 10.8 Å². The fourth-order valence-corrected chi connectivity index (χ4v) is 1.79. The molecule has 0 spiro atoms. The van der Waals surface area contributed by atoms with Gasteiger partial charge in [-0.1, -0.05) is 13.8 Å². The quantitative estimate of drug-likeness (QED) is 0.716. The van der Waals surface area contributed by atoms with E-state index >= 15 is 0 Å². The van der Waals surface area contributed by atoms with Gasteiger partial charge in [0.05, 0.1) is 0 Å². The predicted octanol–water partition coefficient (Wildman–Crippen LogP) is 0.279. The summed E-state index contributed by atoms with van der Waals surface area (Å²) in [6.45, 7) is 7.94. The van der Waals surface area contributed by atoms with Crippen LogP contribution in [0.4, 0.5) is 0 Å². The van der Waals surface area contributed by atoms with Gasteiger partial charge in [0.1, 0.15) is 0 Å². The molecule has 1 rings (SSSR count). The van der Waals surface area contributed by atoms with Crippen molar-refractivity contribution in [3.05, 3.63) is 33.1 Å². The molecule has 0 amide bonds. The summed E-state index contributed by atoms with van der Waals surface area (Å²) in [5, 5.41) is 0. The molecule has 0 atom stereocenters. The zero-order valence-electron chi connectivity index (χ0n) is 10.8. The molecule has 0 saturated carbocycles. The van der Waals surface area contributed by atoms with Crippen molar-refractivity contribution in [3.8, 4) is 0 Å². The summed E-state index contributed by atoms with van der Waals surface area (Å²) in [5.41, 5.74) is -0.493. The van der Waals surface area contributed by atoms with Crippen LogP contribution in [0.15, 0.2) is 21.9 Å². The second-order valence-corrected chi connectivity index (χ2v) is 4.07. The van der Waals surface area contributed by atoms with Crippen LogP contribution in [0, 0.1) is 0 Å². The average Bonchev–Trinajstić information content (AvgIpc) is 2.34. The molecule has 0 radical (unpaired) electrons. The van der Waals surface area contributed by atoms with Crippen molar-refractivity contribution in [2.45, 2.75) is 26.8 Å². The van der Waals surface area contributed by atoms with Gasteiger partial charge in [0.25, 0.3) is 5.56 Å². The van der Waals surface area contributed by atoms with Gasteiger partial charge in [0, 0.05) is 25.9 Å². The lowest BCUT2D eigenvalue weighted by Gasteiger charge is -2.17. The van der Waals surface area contributed by atoms with Crippen LogP contribution in [-0.4, -0.2) is 33.7 Å². The zero-order valence-corrected chi connectivity index (χ0v) is 10.8. The summed E-state index contributed by atoms with van der Waals surface area (Å²) in [7, 11) is 1.51. The molecule has 17 heavy (non-hydrogen) atoms. The smallest absolute Gasteiger partial charge is 0.304 e. The van der Waals surface area contributed by atoms with Crippen molar-refractivity contribution in [1.29, 1.82) is 0 Å². The first kappa shape index (κ1) is 13.7. The largest absolute Gasteiger partial charge is 0.330 e. The third-order valence-electron chi connectivity index (χ3n) is 3.03. The monoisotopic (exact) mass is 239 g/mol. The van der Waals surface area contributed by atoms with E-state index in [1.165, 1.54) is 13.1 Å². The van der Waals surface area contributed by atoms with E-state index in [0.29, 0.717) is 6.54 Å². The topological polar surface area (TPSA) is 47.2 Å². The molecule has 0 aliphatic heterocycles. The maximum atomic E-state index is 11.7. The van der Waals surface area contributed by atoms with Gasteiger partial charge >= 0.3 is 5.69 Å². The summed E-state index contributed by atoms with van der Waals surface area (Å²) in [5.74, 6) is 0. The second kappa shape index (κ2) is 6.39. The van der Waals surface area contributed by atoms with E-state index in [1.807, 2.05) is 0 Å². The molecule has 0 fully saturated rings. The van der Waals surface area contributed by atoms with Crippen LogP contribution in [0.1, 0.15) is 20.3 Å². The molecular formula is C12H21N3O2. The Morgan fingerprint density at radius 1 is 1.24 bits per heavy atom. The van der Waals surface area contributed by atoms with Crippen molar-refractivity contribution in [3.63, 3.8) is 0 Å². The highest BCUT2D eigenvalue weighted by atomic mass is 16.2. The fourth-order valence-electron chi connectivity index (χ4n) is 1.79. The molecule has 1 heterocycles. The Balaban J connectivity index is 2.62. The van der Waals surface area contributed by atoms with E-state index < -0.39 is 0 Å². The highest BCUT2D eigenvalue weighted by molar-refractivity contribution is 4.85. The Labute approximate surface area is 101 Å². The minimum absolute atomic E-state index is 0.239. The number of hydrogen-bond donors (Lipinski definition) is 0. The second-order valence-electron chi connectivity index (χ2n) is 4.07. The zero-order chi connectivity index (χ0) is 12.8. The lowest BCUT2D eigenvalue weighted by molar-refractivity contribution is 0.292. The summed E-state index contributed by atoms with van der Waals surface area (Å²) in [6.07, 6.45) is 2.49. The third kappa shape index (κ3) is 3.56. The van der Waals surface area contributed by atoms with E-state index in [9.17, 15) is 9.59 Å². The Morgan fingerprint density at radius 3 is 2.47 bits per heavy atom. The first-order valence-corrected chi connectivity index (χ1v) is 6.09. The third-order valence-corrected chi connectivity index (χ3v) is 3.03. The van der Waals surface area contributed by atoms with E-state index in [4.69, 9.17) is 0 Å². The fraction of sp³-hybridized carbons (Fsp3) is 0.667. The highest BCUT2D eigenvalue weighted by Gasteiger charge is 2.02. The first-order valence-electron chi connectivity index (χ1n) is 6.09.